The van der Waals surface area contributed by atoms with Gasteiger partial charge in [-0.25, -0.2) is 9.59 Å². The molecule has 1 saturated heterocycles. The Hall–Kier alpha value is -2.49. The highest BCUT2D eigenvalue weighted by molar-refractivity contribution is 8.14. The Labute approximate surface area is 168 Å². The standard InChI is InChI=1S/C18H27N3O6S/c1-5-9-26-18(25)21-11-15(28-13(4)23)10-14(21)7-8-19-17(24)27-16(6-2)20-12(3)22/h5-6,14-16H,1-2,7-11H2,3-4H3,(H,19,24)(H,20,22)/t14-,15-,16?/m0/s1. The number of nitrogens with one attached hydrogen (secondary N) is 2. The monoisotopic (exact) mass is 413 g/mol. The van der Waals surface area contributed by atoms with E-state index < -0.39 is 18.4 Å². The van der Waals surface area contributed by atoms with Gasteiger partial charge in [0, 0.05) is 38.2 Å². The van der Waals surface area contributed by atoms with Gasteiger partial charge in [0.1, 0.15) is 6.61 Å². The Balaban J connectivity index is 2.55. The molecule has 9 nitrogen and oxygen atoms in total. The molecule has 0 aromatic carbocycles. The fraction of sp³-hybridized carbons (Fsp3) is 0.556. The van der Waals surface area contributed by atoms with Crippen LogP contribution in [-0.2, 0) is 19.1 Å². The van der Waals surface area contributed by atoms with Crippen molar-refractivity contribution >= 4 is 35.0 Å². The third-order valence-corrected chi connectivity index (χ3v) is 4.82. The minimum atomic E-state index is -0.925. The molecule has 1 unspecified atom stereocenters. The summed E-state index contributed by atoms with van der Waals surface area (Å²) in [6.45, 7) is 10.5. The highest BCUT2D eigenvalue weighted by Gasteiger charge is 2.36. The predicted octanol–water partition coefficient (Wildman–Crippen LogP) is 1.80. The van der Waals surface area contributed by atoms with Crippen molar-refractivity contribution < 1.29 is 28.7 Å². The van der Waals surface area contributed by atoms with Crippen LogP contribution in [0, 0.1) is 0 Å². The second-order valence-electron chi connectivity index (χ2n) is 6.12. The highest BCUT2D eigenvalue weighted by Crippen LogP contribution is 2.30. The summed E-state index contributed by atoms with van der Waals surface area (Å²) in [5.41, 5.74) is 0. The number of likely N-dealkylation sites (tertiary alicyclic amines) is 1. The van der Waals surface area contributed by atoms with Crippen LogP contribution < -0.4 is 10.6 Å². The van der Waals surface area contributed by atoms with Crippen LogP contribution in [0.25, 0.3) is 0 Å². The summed E-state index contributed by atoms with van der Waals surface area (Å²) >= 11 is 1.20. The van der Waals surface area contributed by atoms with E-state index in [-0.39, 0.29) is 35.5 Å². The third-order valence-electron chi connectivity index (χ3n) is 3.81. The van der Waals surface area contributed by atoms with Crippen LogP contribution in [0.15, 0.2) is 25.3 Å². The quantitative estimate of drug-likeness (QED) is 0.437. The van der Waals surface area contributed by atoms with E-state index in [2.05, 4.69) is 23.8 Å². The van der Waals surface area contributed by atoms with Gasteiger partial charge in [-0.15, -0.1) is 0 Å². The minimum Gasteiger partial charge on any atom is -0.445 e. The normalized spacial score (nSPS) is 19.3. The van der Waals surface area contributed by atoms with Gasteiger partial charge in [0.15, 0.2) is 11.3 Å². The average molecular weight is 413 g/mol. The van der Waals surface area contributed by atoms with Gasteiger partial charge in [0.25, 0.3) is 0 Å². The Kier molecular flexibility index (Phi) is 10.1. The van der Waals surface area contributed by atoms with E-state index in [1.165, 1.54) is 37.8 Å². The van der Waals surface area contributed by atoms with E-state index in [4.69, 9.17) is 9.47 Å². The molecule has 1 fully saturated rings. The lowest BCUT2D eigenvalue weighted by Gasteiger charge is -2.23. The van der Waals surface area contributed by atoms with Crippen LogP contribution in [0.5, 0.6) is 0 Å². The molecule has 1 rings (SSSR count). The molecule has 10 heteroatoms. The van der Waals surface area contributed by atoms with Crippen LogP contribution in [0.2, 0.25) is 0 Å². The Bertz CT molecular complexity index is 612. The fourth-order valence-corrected chi connectivity index (χ4v) is 3.76. The van der Waals surface area contributed by atoms with Gasteiger partial charge in [-0.05, 0) is 18.9 Å². The molecule has 0 radical (unpaired) electrons. The molecule has 1 aliphatic heterocycles. The van der Waals surface area contributed by atoms with Gasteiger partial charge in [-0.2, -0.15) is 0 Å². The maximum Gasteiger partial charge on any atom is 0.410 e. The number of alkyl carbamates (subject to hydrolysis) is 1. The first-order valence-electron chi connectivity index (χ1n) is 8.82. The molecule has 2 N–H and O–H groups in total. The zero-order valence-corrected chi connectivity index (χ0v) is 17.0. The molecule has 1 aliphatic rings. The SMILES string of the molecule is C=CCOC(=O)N1C[C@@H](SC(C)=O)C[C@@H]1CCNC(=O)OC(C=C)NC(C)=O. The van der Waals surface area contributed by atoms with Crippen LogP contribution in [0.4, 0.5) is 9.59 Å². The van der Waals surface area contributed by atoms with E-state index in [1.807, 2.05) is 0 Å². The van der Waals surface area contributed by atoms with E-state index in [0.717, 1.165) is 0 Å². The average Bonchev–Trinajstić information content (AvgIpc) is 3.00. The van der Waals surface area contributed by atoms with Crippen molar-refractivity contribution in [3.05, 3.63) is 25.3 Å². The number of carbonyl (C=O) groups is 4. The van der Waals surface area contributed by atoms with Crippen molar-refractivity contribution in [2.75, 3.05) is 19.7 Å². The van der Waals surface area contributed by atoms with E-state index in [9.17, 15) is 19.2 Å². The predicted molar refractivity (Wildman–Crippen MR) is 106 cm³/mol. The second kappa shape index (κ2) is 12.1. The molecule has 3 amide bonds. The smallest absolute Gasteiger partial charge is 0.410 e. The number of nitrogens with zero attached hydrogens (tertiary/aromatic N) is 1. The molecule has 0 aromatic rings. The van der Waals surface area contributed by atoms with Crippen molar-refractivity contribution in [1.29, 1.82) is 0 Å². The van der Waals surface area contributed by atoms with Crippen LogP contribution >= 0.6 is 11.8 Å². The summed E-state index contributed by atoms with van der Waals surface area (Å²) in [6, 6.07) is -0.181. The molecular formula is C18H27N3O6S. The van der Waals surface area contributed by atoms with E-state index >= 15 is 0 Å². The van der Waals surface area contributed by atoms with E-state index in [1.54, 1.807) is 4.90 Å². The summed E-state index contributed by atoms with van der Waals surface area (Å²) in [7, 11) is 0. The first-order valence-corrected chi connectivity index (χ1v) is 9.70. The summed E-state index contributed by atoms with van der Waals surface area (Å²) in [6.07, 6.45) is 1.73. The number of carbonyl (C=O) groups excluding carboxylic acids is 4. The number of ether oxygens (including phenoxy) is 2. The van der Waals surface area contributed by atoms with Gasteiger partial charge in [-0.3, -0.25) is 9.59 Å². The van der Waals surface area contributed by atoms with Crippen molar-refractivity contribution in [2.45, 2.75) is 44.2 Å². The Morgan fingerprint density at radius 1 is 1.29 bits per heavy atom. The number of rotatable bonds is 9. The molecule has 0 saturated carbocycles. The molecule has 1 heterocycles. The zero-order chi connectivity index (χ0) is 21.1. The van der Waals surface area contributed by atoms with Gasteiger partial charge in [0.05, 0.1) is 0 Å². The lowest BCUT2D eigenvalue weighted by molar-refractivity contribution is -0.121. The van der Waals surface area contributed by atoms with Crippen molar-refractivity contribution in [1.82, 2.24) is 15.5 Å². The van der Waals surface area contributed by atoms with E-state index in [0.29, 0.717) is 19.4 Å². The van der Waals surface area contributed by atoms with Crippen LogP contribution in [0.1, 0.15) is 26.7 Å². The summed E-state index contributed by atoms with van der Waals surface area (Å²) in [5, 5.41) is 4.95. The number of hydrogen-bond donors (Lipinski definition) is 2. The summed E-state index contributed by atoms with van der Waals surface area (Å²) < 4.78 is 10.1. The lowest BCUT2D eigenvalue weighted by atomic mass is 10.1. The fourth-order valence-electron chi connectivity index (χ4n) is 2.74. The number of amides is 3. The lowest BCUT2D eigenvalue weighted by Crippen LogP contribution is -2.41. The first-order chi connectivity index (χ1) is 13.3. The topological polar surface area (TPSA) is 114 Å². The molecule has 0 spiro atoms. The summed E-state index contributed by atoms with van der Waals surface area (Å²) in [4.78, 5) is 48.0. The molecular weight excluding hydrogens is 386 g/mol. The highest BCUT2D eigenvalue weighted by atomic mass is 32.2. The Morgan fingerprint density at radius 3 is 2.57 bits per heavy atom. The molecule has 0 bridgehead atoms. The van der Waals surface area contributed by atoms with Crippen molar-refractivity contribution in [3.63, 3.8) is 0 Å². The van der Waals surface area contributed by atoms with Crippen molar-refractivity contribution in [3.8, 4) is 0 Å². The van der Waals surface area contributed by atoms with Gasteiger partial charge in [0.2, 0.25) is 5.91 Å². The largest absolute Gasteiger partial charge is 0.445 e. The third kappa shape index (κ3) is 8.47. The van der Waals surface area contributed by atoms with Gasteiger partial charge < -0.3 is 25.0 Å². The number of thioether (sulfide) groups is 1. The molecule has 28 heavy (non-hydrogen) atoms. The van der Waals surface area contributed by atoms with Crippen LogP contribution in [0.3, 0.4) is 0 Å². The van der Waals surface area contributed by atoms with Crippen LogP contribution in [-0.4, -0.2) is 65.3 Å². The van der Waals surface area contributed by atoms with Crippen molar-refractivity contribution in [2.24, 2.45) is 0 Å². The molecule has 3 atom stereocenters. The number of hydrogen-bond acceptors (Lipinski definition) is 7. The molecule has 0 aromatic heterocycles. The molecule has 156 valence electrons. The molecule has 0 aliphatic carbocycles. The minimum absolute atomic E-state index is 0.0137. The maximum atomic E-state index is 12.2. The van der Waals surface area contributed by atoms with Gasteiger partial charge in [-0.1, -0.05) is 31.0 Å². The second-order valence-corrected chi connectivity index (χ2v) is 7.59. The Morgan fingerprint density at radius 2 is 2.00 bits per heavy atom. The maximum absolute atomic E-state index is 12.2. The summed E-state index contributed by atoms with van der Waals surface area (Å²) in [5.74, 6) is -0.355. The zero-order valence-electron chi connectivity index (χ0n) is 16.1. The van der Waals surface area contributed by atoms with Gasteiger partial charge >= 0.3 is 12.2 Å². The first kappa shape index (κ1) is 23.5.